The molecular formula is C43H30Cl2F5N5O6. The molecule has 312 valence electrons. The van der Waals surface area contributed by atoms with Crippen LogP contribution in [0.3, 0.4) is 0 Å². The molecule has 4 aromatic rings. The van der Waals surface area contributed by atoms with Gasteiger partial charge in [-0.1, -0.05) is 11.6 Å². The van der Waals surface area contributed by atoms with E-state index in [4.69, 9.17) is 27.9 Å². The number of azo groups is 1. The van der Waals surface area contributed by atoms with Gasteiger partial charge in [-0.05, 0) is 91.1 Å². The molecule has 0 radical (unpaired) electrons. The second-order valence-electron chi connectivity index (χ2n) is 15.6. The minimum atomic E-state index is -2.71. The van der Waals surface area contributed by atoms with Gasteiger partial charge in [-0.3, -0.25) is 24.1 Å². The van der Waals surface area contributed by atoms with Gasteiger partial charge in [-0.2, -0.15) is 10.2 Å². The lowest BCUT2D eigenvalue weighted by molar-refractivity contribution is -0.125. The van der Waals surface area contributed by atoms with Gasteiger partial charge in [0.2, 0.25) is 17.6 Å². The van der Waals surface area contributed by atoms with Crippen LogP contribution in [0.25, 0.3) is 0 Å². The number of aromatic hydroxyl groups is 1. The van der Waals surface area contributed by atoms with Crippen LogP contribution in [0.2, 0.25) is 0 Å². The summed E-state index contributed by atoms with van der Waals surface area (Å²) in [5, 5.41) is 18.8. The average Bonchev–Trinajstić information content (AvgIpc) is 3.59. The summed E-state index contributed by atoms with van der Waals surface area (Å²) in [6.07, 6.45) is 2.01. The van der Waals surface area contributed by atoms with Gasteiger partial charge in [0.15, 0.2) is 33.0 Å². The number of alkyl halides is 2. The Morgan fingerprint density at radius 2 is 1.38 bits per heavy atom. The van der Waals surface area contributed by atoms with Gasteiger partial charge in [-0.15, -0.1) is 23.2 Å². The molecule has 0 aromatic heterocycles. The summed E-state index contributed by atoms with van der Waals surface area (Å²) >= 11 is 14.5. The molecule has 61 heavy (non-hydrogen) atoms. The third kappa shape index (κ3) is 5.82. The molecule has 3 heterocycles. The molecule has 1 saturated carbocycles. The van der Waals surface area contributed by atoms with E-state index in [0.717, 1.165) is 10.6 Å². The summed E-state index contributed by atoms with van der Waals surface area (Å²) in [6.45, 7) is 0. The molecule has 0 bridgehead atoms. The molecule has 3 aliphatic heterocycles. The van der Waals surface area contributed by atoms with Crippen molar-refractivity contribution in [3.63, 3.8) is 0 Å². The van der Waals surface area contributed by atoms with Crippen molar-refractivity contribution in [2.24, 2.45) is 33.9 Å². The fourth-order valence-corrected chi connectivity index (χ4v) is 10.2. The minimum Gasteiger partial charge on any atom is -0.508 e. The number of imide groups is 2. The normalized spacial score (nSPS) is 26.8. The zero-order valence-electron chi connectivity index (χ0n) is 31.8. The zero-order chi connectivity index (χ0) is 43.4. The molecule has 5 aliphatic rings. The number of hydrogen-bond acceptors (Lipinski definition) is 9. The molecule has 3 fully saturated rings. The van der Waals surface area contributed by atoms with Crippen LogP contribution in [0.15, 0.2) is 100 Å². The maximum Gasteiger partial charge on any atom is 0.258 e. The third-order valence-electron chi connectivity index (χ3n) is 12.1. The van der Waals surface area contributed by atoms with E-state index in [1.165, 1.54) is 36.6 Å². The van der Waals surface area contributed by atoms with E-state index in [1.807, 2.05) is 31.1 Å². The predicted molar refractivity (Wildman–Crippen MR) is 212 cm³/mol. The predicted octanol–water partition coefficient (Wildman–Crippen LogP) is 8.69. The summed E-state index contributed by atoms with van der Waals surface area (Å²) < 4.78 is 80.1. The molecule has 4 aromatic carbocycles. The van der Waals surface area contributed by atoms with Crippen LogP contribution >= 0.6 is 23.2 Å². The number of benzene rings is 4. The van der Waals surface area contributed by atoms with Gasteiger partial charge in [-0.25, -0.2) is 26.9 Å². The monoisotopic (exact) mass is 877 g/mol. The van der Waals surface area contributed by atoms with E-state index in [9.17, 15) is 37.5 Å². The van der Waals surface area contributed by atoms with Crippen molar-refractivity contribution in [1.29, 1.82) is 0 Å². The van der Waals surface area contributed by atoms with Gasteiger partial charge in [0, 0.05) is 37.7 Å². The lowest BCUT2D eigenvalue weighted by Crippen LogP contribution is -2.61. The van der Waals surface area contributed by atoms with Crippen LogP contribution < -0.4 is 19.4 Å². The number of allylic oxidation sites excluding steroid dienone is 3. The fraction of sp³-hybridized carbons (Fsp3) is 0.256. The van der Waals surface area contributed by atoms with Gasteiger partial charge < -0.3 is 14.7 Å². The topological polar surface area (TPSA) is 132 Å². The van der Waals surface area contributed by atoms with E-state index in [-0.39, 0.29) is 40.3 Å². The molecule has 9 rings (SSSR count). The first-order chi connectivity index (χ1) is 29.0. The SMILES string of the molecule is CN(C)c1ccc(N=Nc2ccc(N3C(=O)C4CC=C5C(CC6(Cl)C(=O)N(c7c(F)c(F)c(F)c(F)c7F)C(=O)C6(Cl)C5C5=COc6ccc(O)cc6C5)C4C3=O)cc2)cc1. The number of ether oxygens (including phenoxy) is 1. The highest BCUT2D eigenvalue weighted by Crippen LogP contribution is 2.65. The Morgan fingerprint density at radius 3 is 2.00 bits per heavy atom. The first-order valence-corrected chi connectivity index (χ1v) is 19.6. The van der Waals surface area contributed by atoms with Crippen molar-refractivity contribution in [1.82, 2.24) is 0 Å². The molecule has 11 nitrogen and oxygen atoms in total. The van der Waals surface area contributed by atoms with Gasteiger partial charge in [0.1, 0.15) is 17.2 Å². The van der Waals surface area contributed by atoms with E-state index in [1.54, 1.807) is 30.3 Å². The minimum absolute atomic E-state index is 0.0513. The Balaban J connectivity index is 1.10. The molecule has 2 aliphatic carbocycles. The standard InChI is InChI=1S/C43H30Cl2F5N5O6/c1-53(2)23-7-3-21(4-8-23)51-52-22-5-9-24(10-6-22)54-38(57)27-13-12-26-28(30(27)39(54)58)17-42(44)40(59)55(37-35(49)33(47)32(46)34(48)36(37)50)41(60)43(42,45)31(26)20-15-19-16-25(56)11-14-29(19)61-18-20/h3-12,14,16,18,27-28,30-31,56H,13,15,17H2,1-2H3. The lowest BCUT2D eigenvalue weighted by Gasteiger charge is -2.51. The van der Waals surface area contributed by atoms with Crippen molar-refractivity contribution in [3.05, 3.63) is 125 Å². The van der Waals surface area contributed by atoms with Crippen molar-refractivity contribution in [2.75, 3.05) is 28.8 Å². The molecule has 4 amide bonds. The van der Waals surface area contributed by atoms with Crippen molar-refractivity contribution in [3.8, 4) is 11.5 Å². The number of nitrogens with zero attached hydrogens (tertiary/aromatic N) is 5. The zero-order valence-corrected chi connectivity index (χ0v) is 33.3. The number of hydrogen-bond donors (Lipinski definition) is 1. The molecule has 6 unspecified atom stereocenters. The molecule has 0 spiro atoms. The molecule has 1 N–H and O–H groups in total. The third-order valence-corrected chi connectivity index (χ3v) is 13.5. The first kappa shape index (κ1) is 40.3. The average molecular weight is 879 g/mol. The number of anilines is 3. The van der Waals surface area contributed by atoms with Gasteiger partial charge >= 0.3 is 0 Å². The Morgan fingerprint density at radius 1 is 0.770 bits per heavy atom. The Bertz CT molecular complexity index is 2690. The van der Waals surface area contributed by atoms with Crippen LogP contribution in [-0.2, 0) is 25.6 Å². The molecule has 18 heteroatoms. The summed E-state index contributed by atoms with van der Waals surface area (Å²) in [5.74, 6) is -21.5. The van der Waals surface area contributed by atoms with Crippen LogP contribution in [-0.4, -0.2) is 52.6 Å². The van der Waals surface area contributed by atoms with Crippen LogP contribution in [0.1, 0.15) is 18.4 Å². The van der Waals surface area contributed by atoms with Crippen LogP contribution in [0.5, 0.6) is 11.5 Å². The number of phenols is 1. The maximum absolute atomic E-state index is 15.4. The van der Waals surface area contributed by atoms with Crippen LogP contribution in [0, 0.1) is 52.8 Å². The van der Waals surface area contributed by atoms with Gasteiger partial charge in [0.05, 0.1) is 35.2 Å². The number of phenolic OH excluding ortho intramolecular Hbond substituents is 1. The number of rotatable bonds is 6. The number of carbonyl (C=O) groups excluding carboxylic acids is 4. The quantitative estimate of drug-likeness (QED) is 0.0390. The highest BCUT2D eigenvalue weighted by molar-refractivity contribution is 6.58. The number of amides is 4. The fourth-order valence-electron chi connectivity index (χ4n) is 9.23. The Kier molecular flexibility index (Phi) is 9.40. The maximum atomic E-state index is 15.4. The van der Waals surface area contributed by atoms with E-state index >= 15 is 8.78 Å². The summed E-state index contributed by atoms with van der Waals surface area (Å²) in [7, 11) is 3.81. The first-order valence-electron chi connectivity index (χ1n) is 18.8. The highest BCUT2D eigenvalue weighted by Gasteiger charge is 2.77. The van der Waals surface area contributed by atoms with Crippen LogP contribution in [0.4, 0.5) is 50.4 Å². The Hall–Kier alpha value is -6.13. The molecule has 2 saturated heterocycles. The van der Waals surface area contributed by atoms with E-state index in [0.29, 0.717) is 22.7 Å². The van der Waals surface area contributed by atoms with Gasteiger partial charge in [0.25, 0.3) is 11.8 Å². The number of halogens is 7. The highest BCUT2D eigenvalue weighted by atomic mass is 35.5. The lowest BCUT2D eigenvalue weighted by atomic mass is 9.56. The smallest absolute Gasteiger partial charge is 0.258 e. The largest absolute Gasteiger partial charge is 0.508 e. The molecular weight excluding hydrogens is 848 g/mol. The number of carbonyl (C=O) groups is 4. The summed E-state index contributed by atoms with van der Waals surface area (Å²) in [5.41, 5.74) is 1.13. The number of fused-ring (bicyclic) bond motifs is 5. The summed E-state index contributed by atoms with van der Waals surface area (Å²) in [4.78, 5) is 55.1. The van der Waals surface area contributed by atoms with Crippen molar-refractivity contribution >= 4 is 75.3 Å². The van der Waals surface area contributed by atoms with Crippen molar-refractivity contribution < 1.29 is 51.0 Å². The second-order valence-corrected chi connectivity index (χ2v) is 16.9. The summed E-state index contributed by atoms with van der Waals surface area (Å²) in [6, 6.07) is 17.7. The second kappa shape index (κ2) is 14.2. The Labute approximate surface area is 353 Å². The molecule has 6 atom stereocenters. The van der Waals surface area contributed by atoms with Crippen molar-refractivity contribution in [2.45, 2.75) is 29.0 Å². The van der Waals surface area contributed by atoms with E-state index < -0.39 is 98.2 Å². The van der Waals surface area contributed by atoms with E-state index in [2.05, 4.69) is 10.2 Å².